The Hall–Kier alpha value is -2.48. The van der Waals surface area contributed by atoms with E-state index in [1.807, 2.05) is 0 Å². The minimum absolute atomic E-state index is 0.0545. The van der Waals surface area contributed by atoms with Gasteiger partial charge in [-0.05, 0) is 18.9 Å². The molecule has 1 saturated carbocycles. The third-order valence-corrected chi connectivity index (χ3v) is 4.59. The van der Waals surface area contributed by atoms with Gasteiger partial charge in [0.1, 0.15) is 5.69 Å². The molecule has 0 radical (unpaired) electrons. The zero-order valence-electron chi connectivity index (χ0n) is 13.2. The molecule has 1 heterocycles. The predicted molar refractivity (Wildman–Crippen MR) is 87.5 cm³/mol. The Bertz CT molecular complexity index is 663. The van der Waals surface area contributed by atoms with Crippen LogP contribution in [0.5, 0.6) is 0 Å². The van der Waals surface area contributed by atoms with E-state index in [4.69, 9.17) is 0 Å². The minimum Gasteiger partial charge on any atom is -0.350 e. The van der Waals surface area contributed by atoms with Gasteiger partial charge in [-0.1, -0.05) is 25.0 Å². The number of benzene rings is 1. The quantitative estimate of drug-likeness (QED) is 0.568. The van der Waals surface area contributed by atoms with Crippen molar-refractivity contribution in [1.82, 2.24) is 10.6 Å². The number of hydrogen-bond donors (Lipinski definition) is 3. The molecule has 2 amide bonds. The highest BCUT2D eigenvalue weighted by molar-refractivity contribution is 5.97. The van der Waals surface area contributed by atoms with Crippen LogP contribution in [0.25, 0.3) is 0 Å². The van der Waals surface area contributed by atoms with E-state index in [2.05, 4.69) is 16.0 Å². The van der Waals surface area contributed by atoms with Crippen molar-refractivity contribution in [3.8, 4) is 0 Å². The topological polar surface area (TPSA) is 113 Å². The van der Waals surface area contributed by atoms with Gasteiger partial charge in [-0.25, -0.2) is 0 Å². The average molecular weight is 332 g/mol. The highest BCUT2D eigenvalue weighted by atomic mass is 16.6. The van der Waals surface area contributed by atoms with Crippen LogP contribution < -0.4 is 16.0 Å². The Labute approximate surface area is 139 Å². The molecule has 128 valence electrons. The molecule has 8 heteroatoms. The fourth-order valence-corrected chi connectivity index (χ4v) is 3.40. The van der Waals surface area contributed by atoms with Crippen molar-refractivity contribution in [3.05, 3.63) is 34.4 Å². The summed E-state index contributed by atoms with van der Waals surface area (Å²) in [5, 5.41) is 19.7. The molecule has 1 saturated heterocycles. The molecule has 2 fully saturated rings. The zero-order valence-corrected chi connectivity index (χ0v) is 13.2. The Balaban J connectivity index is 1.63. The van der Waals surface area contributed by atoms with E-state index in [9.17, 15) is 19.7 Å². The number of para-hydroxylation sites is 2. The van der Waals surface area contributed by atoms with Crippen LogP contribution in [0.15, 0.2) is 24.3 Å². The van der Waals surface area contributed by atoms with Gasteiger partial charge < -0.3 is 16.0 Å². The van der Waals surface area contributed by atoms with Crippen molar-refractivity contribution in [2.45, 2.75) is 50.2 Å². The van der Waals surface area contributed by atoms with Crippen LogP contribution >= 0.6 is 0 Å². The van der Waals surface area contributed by atoms with E-state index >= 15 is 0 Å². The second kappa shape index (κ2) is 6.96. The molecule has 0 bridgehead atoms. The van der Waals surface area contributed by atoms with Crippen molar-refractivity contribution < 1.29 is 14.5 Å². The van der Waals surface area contributed by atoms with Gasteiger partial charge in [0, 0.05) is 18.2 Å². The number of carbonyl (C=O) groups is 2. The molecule has 3 rings (SSSR count). The maximum atomic E-state index is 12.2. The highest BCUT2D eigenvalue weighted by Gasteiger charge is 2.37. The van der Waals surface area contributed by atoms with E-state index in [1.165, 1.54) is 18.2 Å². The predicted octanol–water partition coefficient (Wildman–Crippen LogP) is 1.32. The Morgan fingerprint density at radius 1 is 1.25 bits per heavy atom. The summed E-state index contributed by atoms with van der Waals surface area (Å²) in [5.74, 6) is -0.609. The van der Waals surface area contributed by atoms with Crippen LogP contribution in [0.1, 0.15) is 32.1 Å². The van der Waals surface area contributed by atoms with E-state index < -0.39 is 16.9 Å². The van der Waals surface area contributed by atoms with Crippen LogP contribution in [0.3, 0.4) is 0 Å². The van der Waals surface area contributed by atoms with Gasteiger partial charge in [-0.2, -0.15) is 0 Å². The lowest BCUT2D eigenvalue weighted by Crippen LogP contribution is -2.65. The smallest absolute Gasteiger partial charge is 0.292 e. The van der Waals surface area contributed by atoms with Gasteiger partial charge in [-0.3, -0.25) is 19.7 Å². The largest absolute Gasteiger partial charge is 0.350 e. The van der Waals surface area contributed by atoms with Crippen LogP contribution in [0.2, 0.25) is 0 Å². The number of nitrogens with one attached hydrogen (secondary N) is 3. The molecule has 0 aromatic heterocycles. The lowest BCUT2D eigenvalue weighted by Gasteiger charge is -2.40. The van der Waals surface area contributed by atoms with Gasteiger partial charge in [0.25, 0.3) is 5.69 Å². The summed E-state index contributed by atoms with van der Waals surface area (Å²) < 4.78 is 0. The van der Waals surface area contributed by atoms with E-state index in [1.54, 1.807) is 6.07 Å². The maximum Gasteiger partial charge on any atom is 0.292 e. The molecule has 2 aliphatic rings. The van der Waals surface area contributed by atoms with Gasteiger partial charge in [0.05, 0.1) is 17.4 Å². The van der Waals surface area contributed by atoms with Crippen molar-refractivity contribution in [1.29, 1.82) is 0 Å². The number of rotatable bonds is 4. The van der Waals surface area contributed by atoms with Gasteiger partial charge in [0.15, 0.2) is 0 Å². The summed E-state index contributed by atoms with van der Waals surface area (Å²) in [6, 6.07) is 5.68. The third kappa shape index (κ3) is 3.53. The molecule has 1 aromatic carbocycles. The first-order chi connectivity index (χ1) is 11.5. The fraction of sp³-hybridized carbons (Fsp3) is 0.500. The monoisotopic (exact) mass is 332 g/mol. The van der Waals surface area contributed by atoms with E-state index in [-0.39, 0.29) is 35.8 Å². The molecular weight excluding hydrogens is 312 g/mol. The number of nitro groups is 1. The number of nitro benzene ring substituents is 1. The Morgan fingerprint density at radius 2 is 1.96 bits per heavy atom. The zero-order chi connectivity index (χ0) is 17.1. The number of amides is 2. The lowest BCUT2D eigenvalue weighted by atomic mass is 9.87. The third-order valence-electron chi connectivity index (χ3n) is 4.59. The van der Waals surface area contributed by atoms with Crippen LogP contribution in [0.4, 0.5) is 11.4 Å². The molecule has 8 nitrogen and oxygen atoms in total. The number of piperazine rings is 1. The molecule has 0 unspecified atom stereocenters. The summed E-state index contributed by atoms with van der Waals surface area (Å²) in [7, 11) is 0. The van der Waals surface area contributed by atoms with Crippen molar-refractivity contribution in [3.63, 3.8) is 0 Å². The van der Waals surface area contributed by atoms with E-state index in [0.29, 0.717) is 0 Å². The second-order valence-corrected chi connectivity index (χ2v) is 6.25. The van der Waals surface area contributed by atoms with Gasteiger partial charge in [0.2, 0.25) is 11.8 Å². The number of nitrogens with zero attached hydrogens (tertiary/aromatic N) is 1. The van der Waals surface area contributed by atoms with Crippen LogP contribution in [-0.4, -0.2) is 34.9 Å². The molecule has 1 aliphatic heterocycles. The van der Waals surface area contributed by atoms with Crippen molar-refractivity contribution in [2.24, 2.45) is 0 Å². The highest BCUT2D eigenvalue weighted by Crippen LogP contribution is 2.25. The van der Waals surface area contributed by atoms with Crippen molar-refractivity contribution >= 4 is 23.2 Å². The summed E-state index contributed by atoms with van der Waals surface area (Å²) >= 11 is 0. The number of hydrogen-bond acceptors (Lipinski definition) is 5. The standard InChI is InChI=1S/C16H20N4O4/c21-15(18-12-7-3-4-8-14(12)20(23)24)9-13-16(22)19-11-6-2-1-5-10(11)17-13/h3-4,7-8,10-11,13,17H,1-2,5-6,9H2,(H,18,21)(H,19,22)/t10-,11-,13+/m1/s1. The second-order valence-electron chi connectivity index (χ2n) is 6.25. The SMILES string of the molecule is O=C(C[C@@H]1N[C@@H]2CCCC[C@H]2NC1=O)Nc1ccccc1[N+](=O)[O-]. The Kier molecular flexibility index (Phi) is 4.75. The lowest BCUT2D eigenvalue weighted by molar-refractivity contribution is -0.383. The average Bonchev–Trinajstić information content (AvgIpc) is 2.55. The maximum absolute atomic E-state index is 12.2. The summed E-state index contributed by atoms with van der Waals surface area (Å²) in [4.78, 5) is 34.8. The van der Waals surface area contributed by atoms with Gasteiger partial charge >= 0.3 is 0 Å². The molecule has 0 spiro atoms. The van der Waals surface area contributed by atoms with E-state index in [0.717, 1.165) is 25.7 Å². The first-order valence-electron chi connectivity index (χ1n) is 8.14. The Morgan fingerprint density at radius 3 is 2.71 bits per heavy atom. The number of carbonyl (C=O) groups excluding carboxylic acids is 2. The first-order valence-corrected chi connectivity index (χ1v) is 8.14. The fourth-order valence-electron chi connectivity index (χ4n) is 3.40. The normalized spacial score (nSPS) is 26.2. The molecule has 24 heavy (non-hydrogen) atoms. The van der Waals surface area contributed by atoms with Crippen molar-refractivity contribution in [2.75, 3.05) is 5.32 Å². The first kappa shape index (κ1) is 16.4. The van der Waals surface area contributed by atoms with Crippen LogP contribution in [-0.2, 0) is 9.59 Å². The van der Waals surface area contributed by atoms with Crippen LogP contribution in [0, 0.1) is 10.1 Å². The van der Waals surface area contributed by atoms with Gasteiger partial charge in [-0.15, -0.1) is 0 Å². The number of fused-ring (bicyclic) bond motifs is 1. The molecule has 3 atom stereocenters. The molecular formula is C16H20N4O4. The summed E-state index contributed by atoms with van der Waals surface area (Å²) in [5.41, 5.74) is -0.0292. The molecule has 1 aromatic rings. The molecule has 3 N–H and O–H groups in total. The summed E-state index contributed by atoms with van der Waals surface area (Å²) in [6.07, 6.45) is 4.10. The molecule has 1 aliphatic carbocycles. The summed E-state index contributed by atoms with van der Waals surface area (Å²) in [6.45, 7) is 0. The number of anilines is 1. The minimum atomic E-state index is -0.605.